The Kier molecular flexibility index (Phi) is 13.4. The van der Waals surface area contributed by atoms with Gasteiger partial charge in [-0.1, -0.05) is 50.6 Å². The second kappa shape index (κ2) is 16.7. The van der Waals surface area contributed by atoms with Crippen LogP contribution in [0.5, 0.6) is 0 Å². The Labute approximate surface area is 259 Å². The first-order valence-electron chi connectivity index (χ1n) is 17.7. The predicted molar refractivity (Wildman–Crippen MR) is 178 cm³/mol. The van der Waals surface area contributed by atoms with Crippen LogP contribution in [0, 0.1) is 41.4 Å². The van der Waals surface area contributed by atoms with Crippen molar-refractivity contribution >= 4 is 5.78 Å². The molecule has 0 radical (unpaired) electrons. The zero-order valence-electron chi connectivity index (χ0n) is 27.7. The Balaban J connectivity index is 1.42. The van der Waals surface area contributed by atoms with Gasteiger partial charge in [-0.25, -0.2) is 0 Å². The zero-order valence-corrected chi connectivity index (χ0v) is 27.7. The molecule has 2 aliphatic carbocycles. The summed E-state index contributed by atoms with van der Waals surface area (Å²) in [5.74, 6) is 4.95. The van der Waals surface area contributed by atoms with Crippen molar-refractivity contribution in [2.24, 2.45) is 41.4 Å². The molecule has 4 rings (SSSR count). The van der Waals surface area contributed by atoms with Crippen LogP contribution >= 0.6 is 0 Å². The fourth-order valence-corrected chi connectivity index (χ4v) is 9.31. The summed E-state index contributed by atoms with van der Waals surface area (Å²) in [4.78, 5) is 11.6. The first kappa shape index (κ1) is 33.7. The normalized spacial score (nSPS) is 33.8. The molecule has 0 amide bonds. The Hall–Kier alpha value is -1.23. The predicted octanol–water partition coefficient (Wildman–Crippen LogP) is 8.44. The lowest BCUT2D eigenvalue weighted by molar-refractivity contribution is -0.117. The van der Waals surface area contributed by atoms with Crippen molar-refractivity contribution in [2.45, 2.75) is 129 Å². The van der Waals surface area contributed by atoms with Gasteiger partial charge in [0.2, 0.25) is 0 Å². The molecule has 4 aliphatic rings. The number of carbonyl (C=O) groups is 1. The summed E-state index contributed by atoms with van der Waals surface area (Å²) in [7, 11) is 1.91. The van der Waals surface area contributed by atoms with E-state index >= 15 is 0 Å². The van der Waals surface area contributed by atoms with Crippen LogP contribution in [0.1, 0.15) is 117 Å². The molecule has 238 valence electrons. The van der Waals surface area contributed by atoms with Crippen molar-refractivity contribution in [1.82, 2.24) is 10.6 Å². The lowest BCUT2D eigenvalue weighted by Gasteiger charge is -2.36. The van der Waals surface area contributed by atoms with Crippen LogP contribution in [-0.4, -0.2) is 44.7 Å². The molecule has 1 saturated carbocycles. The van der Waals surface area contributed by atoms with E-state index in [9.17, 15) is 4.79 Å². The minimum atomic E-state index is 0.0811. The number of carbonyl (C=O) groups excluding carboxylic acids is 1. The van der Waals surface area contributed by atoms with E-state index in [-0.39, 0.29) is 12.1 Å². The molecule has 0 aromatic heterocycles. The number of allylic oxidation sites excluding steroid dienone is 2. The molecule has 0 aromatic rings. The van der Waals surface area contributed by atoms with Crippen molar-refractivity contribution in [2.75, 3.05) is 26.7 Å². The van der Waals surface area contributed by atoms with Crippen LogP contribution in [-0.2, 0) is 9.53 Å². The summed E-state index contributed by atoms with van der Waals surface area (Å²) in [6, 6.07) is 0.288. The van der Waals surface area contributed by atoms with Gasteiger partial charge in [0, 0.05) is 25.5 Å². The second-order valence-electron chi connectivity index (χ2n) is 15.2. The van der Waals surface area contributed by atoms with Gasteiger partial charge in [0.05, 0.1) is 6.10 Å². The summed E-state index contributed by atoms with van der Waals surface area (Å²) in [6.45, 7) is 19.1. The molecule has 2 saturated heterocycles. The van der Waals surface area contributed by atoms with Crippen molar-refractivity contribution in [3.63, 3.8) is 0 Å². The van der Waals surface area contributed by atoms with Gasteiger partial charge in [-0.05, 0) is 151 Å². The van der Waals surface area contributed by atoms with Crippen LogP contribution in [0.4, 0.5) is 0 Å². The lowest BCUT2D eigenvalue weighted by atomic mass is 9.77. The highest BCUT2D eigenvalue weighted by Gasteiger charge is 2.39. The largest absolute Gasteiger partial charge is 0.377 e. The van der Waals surface area contributed by atoms with Gasteiger partial charge in [0.15, 0.2) is 0 Å². The Morgan fingerprint density at radius 2 is 1.86 bits per heavy atom. The smallest absolute Gasteiger partial charge is 0.130 e. The first-order valence-corrected chi connectivity index (χ1v) is 17.7. The maximum absolute atomic E-state index is 11.6. The monoisotopic (exact) mass is 580 g/mol. The standard InChI is InChI=1S/C38H64N2O2/c1-26-9-7-10-31(20-26)13-12-28(3)37-36(38(42-6)29(4)22-33-11-8-18-39-24-33)17-16-35(25-40-37)34-15-14-32(23-34)21-27(2)19-30(5)41/h20,26-27,32-40H,3-4,7-19,21-25H2,1-2,5-6H3/t26?,27?,32-,33?,34?,35?,36?,37?,38?/m1/s1. The molecule has 2 aliphatic heterocycles. The SMILES string of the molecule is C=C(CCC1=CC(C)CCC1)C1NCC(C2CC[C@H](CC(C)CC(C)=O)C2)CCC1C(OC)C(=C)CC1CCCNC1. The van der Waals surface area contributed by atoms with E-state index in [1.165, 1.54) is 81.8 Å². The molecule has 0 aromatic carbocycles. The Bertz CT molecular complexity index is 918. The Morgan fingerprint density at radius 3 is 2.57 bits per heavy atom. The zero-order chi connectivity index (χ0) is 30.1. The fourth-order valence-electron chi connectivity index (χ4n) is 9.31. The molecule has 8 unspecified atom stereocenters. The number of hydrogen-bond donors (Lipinski definition) is 2. The molecular formula is C38H64N2O2. The number of Topliss-reactive ketones (excluding diaryl/α,β-unsaturated/α-hetero) is 1. The number of hydrogen-bond acceptors (Lipinski definition) is 4. The van der Waals surface area contributed by atoms with E-state index in [0.717, 1.165) is 63.1 Å². The Morgan fingerprint density at radius 1 is 1.05 bits per heavy atom. The average Bonchev–Trinajstić information content (AvgIpc) is 3.30. The van der Waals surface area contributed by atoms with Crippen molar-refractivity contribution in [3.8, 4) is 0 Å². The molecule has 9 atom stereocenters. The number of rotatable bonds is 14. The van der Waals surface area contributed by atoms with Crippen LogP contribution in [0.25, 0.3) is 0 Å². The van der Waals surface area contributed by atoms with Gasteiger partial charge in [-0.3, -0.25) is 0 Å². The minimum absolute atomic E-state index is 0.0811. The quantitative estimate of drug-likeness (QED) is 0.202. The molecule has 0 bridgehead atoms. The summed E-state index contributed by atoms with van der Waals surface area (Å²) in [5.41, 5.74) is 4.31. The van der Waals surface area contributed by atoms with Gasteiger partial charge in [-0.2, -0.15) is 0 Å². The third-order valence-electron chi connectivity index (χ3n) is 11.4. The molecule has 42 heavy (non-hydrogen) atoms. The second-order valence-corrected chi connectivity index (χ2v) is 15.2. The van der Waals surface area contributed by atoms with Crippen LogP contribution < -0.4 is 10.6 Å². The molecule has 2 heterocycles. The summed E-state index contributed by atoms with van der Waals surface area (Å²) in [5, 5.41) is 7.71. The number of nitrogens with one attached hydrogen (secondary N) is 2. The van der Waals surface area contributed by atoms with E-state index in [1.807, 2.05) is 7.11 Å². The molecule has 4 nitrogen and oxygen atoms in total. The molecule has 2 N–H and O–H groups in total. The highest BCUT2D eigenvalue weighted by Crippen LogP contribution is 2.43. The number of ketones is 1. The lowest BCUT2D eigenvalue weighted by Crippen LogP contribution is -2.44. The molecule has 3 fully saturated rings. The maximum Gasteiger partial charge on any atom is 0.130 e. The van der Waals surface area contributed by atoms with E-state index in [1.54, 1.807) is 12.5 Å². The number of piperidine rings is 1. The highest BCUT2D eigenvalue weighted by molar-refractivity contribution is 5.75. The van der Waals surface area contributed by atoms with Gasteiger partial charge in [-0.15, -0.1) is 0 Å². The van der Waals surface area contributed by atoms with Crippen molar-refractivity contribution in [3.05, 3.63) is 36.0 Å². The maximum atomic E-state index is 11.6. The number of ether oxygens (including phenoxy) is 1. The van der Waals surface area contributed by atoms with Crippen molar-refractivity contribution in [1.29, 1.82) is 0 Å². The third-order valence-corrected chi connectivity index (χ3v) is 11.4. The highest BCUT2D eigenvalue weighted by atomic mass is 16.5. The third kappa shape index (κ3) is 9.89. The molecular weight excluding hydrogens is 516 g/mol. The van der Waals surface area contributed by atoms with E-state index in [4.69, 9.17) is 11.3 Å². The first-order chi connectivity index (χ1) is 20.2. The fraction of sp³-hybridized carbons (Fsp3) is 0.816. The summed E-state index contributed by atoms with van der Waals surface area (Å²) >= 11 is 0. The van der Waals surface area contributed by atoms with Crippen LogP contribution in [0.15, 0.2) is 36.0 Å². The van der Waals surface area contributed by atoms with E-state index in [0.29, 0.717) is 29.5 Å². The van der Waals surface area contributed by atoms with E-state index < -0.39 is 0 Å². The van der Waals surface area contributed by atoms with Crippen molar-refractivity contribution < 1.29 is 9.53 Å². The van der Waals surface area contributed by atoms with Gasteiger partial charge < -0.3 is 20.2 Å². The van der Waals surface area contributed by atoms with Crippen LogP contribution in [0.2, 0.25) is 0 Å². The van der Waals surface area contributed by atoms with Gasteiger partial charge in [0.1, 0.15) is 5.78 Å². The van der Waals surface area contributed by atoms with Gasteiger partial charge in [0.25, 0.3) is 0 Å². The minimum Gasteiger partial charge on any atom is -0.377 e. The number of methoxy groups -OCH3 is 1. The average molecular weight is 581 g/mol. The summed E-state index contributed by atoms with van der Waals surface area (Å²) < 4.78 is 6.35. The van der Waals surface area contributed by atoms with E-state index in [2.05, 4.69) is 37.1 Å². The van der Waals surface area contributed by atoms with Gasteiger partial charge >= 0.3 is 0 Å². The topological polar surface area (TPSA) is 50.4 Å². The molecule has 0 spiro atoms. The van der Waals surface area contributed by atoms with Crippen LogP contribution in [0.3, 0.4) is 0 Å². The molecule has 4 heteroatoms. The summed E-state index contributed by atoms with van der Waals surface area (Å²) in [6.07, 6.45) is 20.9.